The topological polar surface area (TPSA) is 38.0 Å². The average molecular weight is 186 g/mol. The van der Waals surface area contributed by atoms with Crippen molar-refractivity contribution in [1.82, 2.24) is 0 Å². The number of rotatable bonds is 3. The van der Waals surface area contributed by atoms with Gasteiger partial charge in [0.2, 0.25) is 0 Å². The molecule has 0 aliphatic heterocycles. The second-order valence-electron chi connectivity index (χ2n) is 2.67. The van der Waals surface area contributed by atoms with E-state index in [1.54, 1.807) is 12.1 Å². The molecule has 0 aromatic heterocycles. The van der Waals surface area contributed by atoms with E-state index in [4.69, 9.17) is 5.84 Å². The summed E-state index contributed by atoms with van der Waals surface area (Å²) < 4.78 is 24.9. The fraction of sp³-hybridized carbons (Fsp3) is 0.333. The summed E-state index contributed by atoms with van der Waals surface area (Å²) in [5.74, 6) is 5.20. The minimum absolute atomic E-state index is 0.0537. The van der Waals surface area contributed by atoms with E-state index in [0.717, 1.165) is 0 Å². The molecule has 0 amide bonds. The number of nitrogens with one attached hydrogen (secondary N) is 1. The van der Waals surface area contributed by atoms with E-state index in [-0.39, 0.29) is 5.56 Å². The minimum atomic E-state index is -2.44. The molecule has 0 bridgehead atoms. The first kappa shape index (κ1) is 9.92. The van der Waals surface area contributed by atoms with Crippen LogP contribution in [0, 0.1) is 0 Å². The zero-order valence-electron chi connectivity index (χ0n) is 7.35. The Kier molecular flexibility index (Phi) is 3.19. The lowest BCUT2D eigenvalue weighted by molar-refractivity contribution is 0.150. The van der Waals surface area contributed by atoms with Crippen molar-refractivity contribution < 1.29 is 8.78 Å². The van der Waals surface area contributed by atoms with E-state index < -0.39 is 6.43 Å². The Labute approximate surface area is 75.7 Å². The number of nitrogen functional groups attached to an aromatic ring is 1. The number of hydrogen-bond donors (Lipinski definition) is 2. The molecule has 2 nitrogen and oxygen atoms in total. The smallest absolute Gasteiger partial charge is 0.264 e. The van der Waals surface area contributed by atoms with Crippen LogP contribution in [-0.4, -0.2) is 0 Å². The number of hydrogen-bond acceptors (Lipinski definition) is 2. The molecule has 0 fully saturated rings. The Morgan fingerprint density at radius 2 is 2.15 bits per heavy atom. The van der Waals surface area contributed by atoms with Crippen LogP contribution in [-0.2, 0) is 6.42 Å². The van der Waals surface area contributed by atoms with Gasteiger partial charge in [-0.25, -0.2) is 8.78 Å². The van der Waals surface area contributed by atoms with Gasteiger partial charge in [-0.1, -0.05) is 19.1 Å². The van der Waals surface area contributed by atoms with Gasteiger partial charge in [-0.3, -0.25) is 5.84 Å². The van der Waals surface area contributed by atoms with Crippen LogP contribution in [0.2, 0.25) is 0 Å². The monoisotopic (exact) mass is 186 g/mol. The predicted molar refractivity (Wildman–Crippen MR) is 48.6 cm³/mol. The second kappa shape index (κ2) is 4.18. The fourth-order valence-corrected chi connectivity index (χ4v) is 1.34. The van der Waals surface area contributed by atoms with Crippen LogP contribution in [0.4, 0.5) is 14.5 Å². The van der Waals surface area contributed by atoms with Crippen molar-refractivity contribution in [2.75, 3.05) is 5.43 Å². The summed E-state index contributed by atoms with van der Waals surface area (Å²) >= 11 is 0. The van der Waals surface area contributed by atoms with Crippen LogP contribution >= 0.6 is 0 Å². The van der Waals surface area contributed by atoms with Gasteiger partial charge in [0, 0.05) is 5.56 Å². The molecule has 0 unspecified atom stereocenters. The Bertz CT molecular complexity index is 287. The highest BCUT2D eigenvalue weighted by atomic mass is 19.3. The van der Waals surface area contributed by atoms with Crippen molar-refractivity contribution in [2.45, 2.75) is 19.8 Å². The van der Waals surface area contributed by atoms with Crippen LogP contribution in [0.5, 0.6) is 0 Å². The molecule has 3 N–H and O–H groups in total. The summed E-state index contributed by atoms with van der Waals surface area (Å²) in [6, 6.07) is 4.67. The summed E-state index contributed by atoms with van der Waals surface area (Å²) in [6.45, 7) is 1.82. The molecule has 1 aromatic rings. The minimum Gasteiger partial charge on any atom is -0.324 e. The highest BCUT2D eigenvalue weighted by Crippen LogP contribution is 2.28. The standard InChI is InChI=1S/C9H12F2N2/c1-2-6-7(9(10)11)4-3-5-8(6)13-12/h3-5,9,13H,2,12H2,1H3. The molecule has 0 heterocycles. The van der Waals surface area contributed by atoms with Crippen molar-refractivity contribution in [3.05, 3.63) is 29.3 Å². The van der Waals surface area contributed by atoms with E-state index in [1.165, 1.54) is 6.07 Å². The van der Waals surface area contributed by atoms with Crippen LogP contribution in [0.25, 0.3) is 0 Å². The van der Waals surface area contributed by atoms with Crippen molar-refractivity contribution in [2.24, 2.45) is 5.84 Å². The maximum atomic E-state index is 12.5. The largest absolute Gasteiger partial charge is 0.324 e. The second-order valence-corrected chi connectivity index (χ2v) is 2.67. The predicted octanol–water partition coefficient (Wildman–Crippen LogP) is 2.47. The van der Waals surface area contributed by atoms with Gasteiger partial charge in [0.25, 0.3) is 6.43 Å². The van der Waals surface area contributed by atoms with E-state index >= 15 is 0 Å². The summed E-state index contributed by atoms with van der Waals surface area (Å²) in [6.07, 6.45) is -1.90. The van der Waals surface area contributed by atoms with Gasteiger partial charge in [0.15, 0.2) is 0 Å². The number of alkyl halides is 2. The van der Waals surface area contributed by atoms with Gasteiger partial charge in [-0.15, -0.1) is 0 Å². The lowest BCUT2D eigenvalue weighted by atomic mass is 10.0. The molecule has 72 valence electrons. The van der Waals surface area contributed by atoms with E-state index in [0.29, 0.717) is 17.7 Å². The normalized spacial score (nSPS) is 10.5. The zero-order valence-corrected chi connectivity index (χ0v) is 7.35. The van der Waals surface area contributed by atoms with E-state index in [2.05, 4.69) is 5.43 Å². The number of halogens is 2. The van der Waals surface area contributed by atoms with Crippen molar-refractivity contribution >= 4 is 5.69 Å². The average Bonchev–Trinajstić information content (AvgIpc) is 2.16. The molecular formula is C9H12F2N2. The first-order valence-electron chi connectivity index (χ1n) is 4.07. The summed E-state index contributed by atoms with van der Waals surface area (Å²) in [7, 11) is 0. The third-order valence-corrected chi connectivity index (χ3v) is 1.96. The van der Waals surface area contributed by atoms with Crippen LogP contribution in [0.15, 0.2) is 18.2 Å². The van der Waals surface area contributed by atoms with Crippen molar-refractivity contribution in [3.8, 4) is 0 Å². The van der Waals surface area contributed by atoms with Gasteiger partial charge in [-0.2, -0.15) is 0 Å². The first-order chi connectivity index (χ1) is 6.20. The van der Waals surface area contributed by atoms with E-state index in [1.807, 2.05) is 6.92 Å². The van der Waals surface area contributed by atoms with Crippen LogP contribution < -0.4 is 11.3 Å². The third kappa shape index (κ3) is 1.95. The van der Waals surface area contributed by atoms with Gasteiger partial charge < -0.3 is 5.43 Å². The molecular weight excluding hydrogens is 174 g/mol. The lowest BCUT2D eigenvalue weighted by Crippen LogP contribution is -2.10. The van der Waals surface area contributed by atoms with Gasteiger partial charge in [-0.05, 0) is 18.1 Å². The highest BCUT2D eigenvalue weighted by Gasteiger charge is 2.13. The first-order valence-corrected chi connectivity index (χ1v) is 4.07. The number of anilines is 1. The lowest BCUT2D eigenvalue weighted by Gasteiger charge is -2.11. The summed E-state index contributed by atoms with van der Waals surface area (Å²) in [4.78, 5) is 0. The van der Waals surface area contributed by atoms with Gasteiger partial charge in [0.05, 0.1) is 5.69 Å². The molecule has 0 spiro atoms. The molecule has 0 aliphatic rings. The molecule has 0 saturated carbocycles. The number of hydrazine groups is 1. The number of nitrogens with two attached hydrogens (primary N) is 1. The quantitative estimate of drug-likeness (QED) is 0.562. The molecule has 4 heteroatoms. The Morgan fingerprint density at radius 1 is 1.46 bits per heavy atom. The SMILES string of the molecule is CCc1c(NN)cccc1C(F)F. The molecule has 0 aliphatic carbocycles. The maximum Gasteiger partial charge on any atom is 0.264 e. The van der Waals surface area contributed by atoms with Gasteiger partial charge >= 0.3 is 0 Å². The Balaban J connectivity index is 3.19. The fourth-order valence-electron chi connectivity index (χ4n) is 1.34. The van der Waals surface area contributed by atoms with Crippen molar-refractivity contribution in [3.63, 3.8) is 0 Å². The van der Waals surface area contributed by atoms with Crippen LogP contribution in [0.3, 0.4) is 0 Å². The van der Waals surface area contributed by atoms with Gasteiger partial charge in [0.1, 0.15) is 0 Å². The molecule has 0 atom stereocenters. The summed E-state index contributed by atoms with van der Waals surface area (Å²) in [5.41, 5.74) is 3.62. The zero-order chi connectivity index (χ0) is 9.84. The molecule has 1 rings (SSSR count). The molecule has 0 radical (unpaired) electrons. The maximum absolute atomic E-state index is 12.5. The van der Waals surface area contributed by atoms with E-state index in [9.17, 15) is 8.78 Å². The highest BCUT2D eigenvalue weighted by molar-refractivity contribution is 5.54. The molecule has 0 saturated heterocycles. The Hall–Kier alpha value is -1.16. The molecule has 1 aromatic carbocycles. The van der Waals surface area contributed by atoms with Crippen molar-refractivity contribution in [1.29, 1.82) is 0 Å². The van der Waals surface area contributed by atoms with Crippen LogP contribution in [0.1, 0.15) is 24.5 Å². The molecule has 13 heavy (non-hydrogen) atoms. The Morgan fingerprint density at radius 3 is 2.62 bits per heavy atom. The third-order valence-electron chi connectivity index (χ3n) is 1.96. The summed E-state index contributed by atoms with van der Waals surface area (Å²) in [5, 5.41) is 0. The number of benzene rings is 1.